The maximum Gasteiger partial charge on any atom is 0.418 e. The monoisotopic (exact) mass is 373 g/mol. The molecule has 0 saturated heterocycles. The summed E-state index contributed by atoms with van der Waals surface area (Å²) in [6.45, 7) is 3.91. The third-order valence-corrected chi connectivity index (χ3v) is 4.50. The molecule has 0 aliphatic carbocycles. The molecule has 3 rings (SSSR count). The zero-order valence-electron chi connectivity index (χ0n) is 14.5. The van der Waals surface area contributed by atoms with Crippen LogP contribution in [0.3, 0.4) is 0 Å². The molecule has 1 atom stereocenters. The van der Waals surface area contributed by atoms with Crippen molar-refractivity contribution >= 4 is 40.4 Å². The van der Waals surface area contributed by atoms with Crippen LogP contribution in [0.15, 0.2) is 41.9 Å². The molecule has 2 heterocycles. The van der Waals surface area contributed by atoms with Gasteiger partial charge in [0.05, 0.1) is 18.9 Å². The molecule has 0 bridgehead atoms. The lowest BCUT2D eigenvalue weighted by molar-refractivity contribution is 0.152. The van der Waals surface area contributed by atoms with E-state index in [1.54, 1.807) is 31.5 Å². The van der Waals surface area contributed by atoms with E-state index in [1.807, 2.05) is 30.3 Å². The second-order valence-corrected chi connectivity index (χ2v) is 6.16. The van der Waals surface area contributed by atoms with E-state index in [4.69, 9.17) is 9.47 Å². The SMILES string of the molecule is CCOC(=O)N(c1nccs1)C1C=Cc2ccccc2N1C(=O)OCC. The highest BCUT2D eigenvalue weighted by molar-refractivity contribution is 7.13. The van der Waals surface area contributed by atoms with E-state index in [-0.39, 0.29) is 13.2 Å². The van der Waals surface area contributed by atoms with Gasteiger partial charge in [-0.2, -0.15) is 0 Å². The van der Waals surface area contributed by atoms with Crippen LogP contribution in [0, 0.1) is 0 Å². The smallest absolute Gasteiger partial charge is 0.418 e. The fourth-order valence-corrected chi connectivity index (χ4v) is 3.36. The molecule has 0 fully saturated rings. The Bertz CT molecular complexity index is 807. The van der Waals surface area contributed by atoms with Crippen LogP contribution in [-0.4, -0.2) is 36.5 Å². The highest BCUT2D eigenvalue weighted by Crippen LogP contribution is 2.33. The van der Waals surface area contributed by atoms with Gasteiger partial charge in [0.15, 0.2) is 5.13 Å². The molecule has 1 aliphatic heterocycles. The summed E-state index contributed by atoms with van der Waals surface area (Å²) >= 11 is 1.29. The minimum absolute atomic E-state index is 0.215. The van der Waals surface area contributed by atoms with E-state index in [9.17, 15) is 9.59 Å². The van der Waals surface area contributed by atoms with Crippen LogP contribution in [0.1, 0.15) is 19.4 Å². The van der Waals surface area contributed by atoms with Crippen molar-refractivity contribution in [2.75, 3.05) is 23.0 Å². The Morgan fingerprint density at radius 2 is 2.00 bits per heavy atom. The average Bonchev–Trinajstić information content (AvgIpc) is 3.16. The summed E-state index contributed by atoms with van der Waals surface area (Å²) in [5.41, 5.74) is 1.52. The van der Waals surface area contributed by atoms with Crippen molar-refractivity contribution < 1.29 is 19.1 Å². The fraction of sp³-hybridized carbons (Fsp3) is 0.278. The van der Waals surface area contributed by atoms with Crippen LogP contribution < -0.4 is 9.80 Å². The number of para-hydroxylation sites is 1. The Balaban J connectivity index is 2.07. The third-order valence-electron chi connectivity index (χ3n) is 3.73. The lowest BCUT2D eigenvalue weighted by Gasteiger charge is -2.37. The Kier molecular flexibility index (Phi) is 5.52. The summed E-state index contributed by atoms with van der Waals surface area (Å²) in [7, 11) is 0. The maximum absolute atomic E-state index is 12.7. The number of fused-ring (bicyclic) bond motifs is 1. The van der Waals surface area contributed by atoms with Gasteiger partial charge in [-0.25, -0.2) is 19.5 Å². The summed E-state index contributed by atoms with van der Waals surface area (Å²) in [6, 6.07) is 7.43. The molecule has 7 nitrogen and oxygen atoms in total. The normalized spacial score (nSPS) is 15.3. The molecule has 1 aromatic heterocycles. The highest BCUT2D eigenvalue weighted by atomic mass is 32.1. The number of aromatic nitrogens is 1. The van der Waals surface area contributed by atoms with Crippen molar-refractivity contribution in [1.29, 1.82) is 0 Å². The van der Waals surface area contributed by atoms with Crippen LogP contribution in [0.2, 0.25) is 0 Å². The van der Waals surface area contributed by atoms with Crippen LogP contribution >= 0.6 is 11.3 Å². The third kappa shape index (κ3) is 3.41. The molecule has 136 valence electrons. The van der Waals surface area contributed by atoms with E-state index in [0.717, 1.165) is 5.56 Å². The number of thiazole rings is 1. The maximum atomic E-state index is 12.7. The van der Waals surface area contributed by atoms with Crippen molar-refractivity contribution in [3.63, 3.8) is 0 Å². The molecule has 1 unspecified atom stereocenters. The highest BCUT2D eigenvalue weighted by Gasteiger charge is 2.38. The molecule has 2 aromatic rings. The van der Waals surface area contributed by atoms with E-state index < -0.39 is 18.4 Å². The van der Waals surface area contributed by atoms with Gasteiger partial charge in [-0.15, -0.1) is 11.3 Å². The standard InChI is InChI=1S/C18H19N3O4S/c1-3-24-17(22)20-14-8-6-5-7-13(14)9-10-15(20)21(18(23)25-4-2)16-19-11-12-26-16/h5-12,15H,3-4H2,1-2H3. The summed E-state index contributed by atoms with van der Waals surface area (Å²) < 4.78 is 10.4. The zero-order chi connectivity index (χ0) is 18.5. The van der Waals surface area contributed by atoms with Gasteiger partial charge in [-0.05, 0) is 31.6 Å². The number of hydrogen-bond donors (Lipinski definition) is 0. The Morgan fingerprint density at radius 1 is 1.23 bits per heavy atom. The molecule has 0 spiro atoms. The lowest BCUT2D eigenvalue weighted by Crippen LogP contribution is -2.54. The van der Waals surface area contributed by atoms with E-state index >= 15 is 0 Å². The van der Waals surface area contributed by atoms with Gasteiger partial charge < -0.3 is 9.47 Å². The number of hydrogen-bond acceptors (Lipinski definition) is 6. The number of nitrogens with zero attached hydrogens (tertiary/aromatic N) is 3. The van der Waals surface area contributed by atoms with E-state index in [2.05, 4.69) is 4.98 Å². The number of amides is 2. The molecule has 0 radical (unpaired) electrons. The first-order chi connectivity index (χ1) is 12.7. The minimum atomic E-state index is -0.742. The van der Waals surface area contributed by atoms with Gasteiger partial charge in [0, 0.05) is 11.6 Å². The van der Waals surface area contributed by atoms with Gasteiger partial charge in [0.25, 0.3) is 0 Å². The topological polar surface area (TPSA) is 72.0 Å². The largest absolute Gasteiger partial charge is 0.449 e. The first-order valence-electron chi connectivity index (χ1n) is 8.26. The molecule has 26 heavy (non-hydrogen) atoms. The molecule has 1 aliphatic rings. The van der Waals surface area contributed by atoms with Crippen molar-refractivity contribution in [3.05, 3.63) is 47.5 Å². The van der Waals surface area contributed by atoms with Gasteiger partial charge >= 0.3 is 12.2 Å². The van der Waals surface area contributed by atoms with Crippen molar-refractivity contribution in [1.82, 2.24) is 4.98 Å². The molecule has 0 N–H and O–H groups in total. The van der Waals surface area contributed by atoms with Crippen molar-refractivity contribution in [3.8, 4) is 0 Å². The first kappa shape index (κ1) is 17.9. The van der Waals surface area contributed by atoms with E-state index in [0.29, 0.717) is 10.8 Å². The summed E-state index contributed by atoms with van der Waals surface area (Å²) in [6.07, 6.45) is 3.37. The summed E-state index contributed by atoms with van der Waals surface area (Å²) in [5, 5.41) is 2.20. The molecular formula is C18H19N3O4S. The predicted octanol–water partition coefficient (Wildman–Crippen LogP) is 4.12. The second-order valence-electron chi connectivity index (χ2n) is 5.28. The van der Waals surface area contributed by atoms with Crippen LogP contribution in [-0.2, 0) is 9.47 Å². The van der Waals surface area contributed by atoms with Crippen LogP contribution in [0.25, 0.3) is 6.08 Å². The van der Waals surface area contributed by atoms with Gasteiger partial charge in [-0.1, -0.05) is 24.3 Å². The number of carbonyl (C=O) groups is 2. The van der Waals surface area contributed by atoms with Gasteiger partial charge in [0.2, 0.25) is 0 Å². The summed E-state index contributed by atoms with van der Waals surface area (Å²) in [4.78, 5) is 32.4. The number of anilines is 2. The summed E-state index contributed by atoms with van der Waals surface area (Å²) in [5.74, 6) is 0. The van der Waals surface area contributed by atoms with Crippen molar-refractivity contribution in [2.45, 2.75) is 20.0 Å². The Hall–Kier alpha value is -2.87. The second kappa shape index (κ2) is 8.01. The molecule has 8 heteroatoms. The minimum Gasteiger partial charge on any atom is -0.449 e. The lowest BCUT2D eigenvalue weighted by atomic mass is 10.1. The Morgan fingerprint density at radius 3 is 2.69 bits per heavy atom. The van der Waals surface area contributed by atoms with Crippen molar-refractivity contribution in [2.24, 2.45) is 0 Å². The number of rotatable bonds is 4. The Labute approximate surface area is 155 Å². The number of carbonyl (C=O) groups excluding carboxylic acids is 2. The van der Waals surface area contributed by atoms with Crippen LogP contribution in [0.5, 0.6) is 0 Å². The molecule has 0 saturated carbocycles. The molecule has 1 aromatic carbocycles. The predicted molar refractivity (Wildman–Crippen MR) is 100 cm³/mol. The van der Waals surface area contributed by atoms with Gasteiger partial charge in [-0.3, -0.25) is 4.90 Å². The van der Waals surface area contributed by atoms with Crippen LogP contribution in [0.4, 0.5) is 20.4 Å². The quantitative estimate of drug-likeness (QED) is 0.806. The number of ether oxygens (including phenoxy) is 2. The first-order valence-corrected chi connectivity index (χ1v) is 9.14. The van der Waals surface area contributed by atoms with E-state index in [1.165, 1.54) is 21.1 Å². The molecular weight excluding hydrogens is 354 g/mol. The van der Waals surface area contributed by atoms with Gasteiger partial charge in [0.1, 0.15) is 6.17 Å². The zero-order valence-corrected chi connectivity index (χ0v) is 15.3. The fourth-order valence-electron chi connectivity index (χ4n) is 2.69. The number of benzene rings is 1. The average molecular weight is 373 g/mol. The molecule has 2 amide bonds.